The highest BCUT2D eigenvalue weighted by atomic mass is 15.2. The van der Waals surface area contributed by atoms with Crippen LogP contribution in [0.25, 0.3) is 0 Å². The first-order chi connectivity index (χ1) is 10.3. The van der Waals surface area contributed by atoms with Crippen molar-refractivity contribution >= 4 is 5.96 Å². The van der Waals surface area contributed by atoms with E-state index in [-0.39, 0.29) is 0 Å². The Morgan fingerprint density at radius 2 is 1.67 bits per heavy atom. The summed E-state index contributed by atoms with van der Waals surface area (Å²) in [5, 5.41) is 7.04. The molecule has 0 aromatic heterocycles. The molecule has 0 unspecified atom stereocenters. The number of likely N-dealkylation sites (tertiary alicyclic amines) is 1. The van der Waals surface area contributed by atoms with Gasteiger partial charge in [0, 0.05) is 38.8 Å². The van der Waals surface area contributed by atoms with Crippen LogP contribution in [-0.2, 0) is 6.54 Å². The maximum atomic E-state index is 4.33. The number of hydrogen-bond donors (Lipinski definition) is 2. The van der Waals surface area contributed by atoms with E-state index in [0.29, 0.717) is 12.1 Å². The topological polar surface area (TPSA) is 39.7 Å². The molecule has 21 heavy (non-hydrogen) atoms. The highest BCUT2D eigenvalue weighted by molar-refractivity contribution is 5.80. The van der Waals surface area contributed by atoms with Gasteiger partial charge in [-0.05, 0) is 31.2 Å². The third-order valence-electron chi connectivity index (χ3n) is 4.32. The second-order valence-corrected chi connectivity index (χ2v) is 6.17. The Hall–Kier alpha value is -1.55. The third kappa shape index (κ3) is 4.46. The smallest absolute Gasteiger partial charge is 0.191 e. The minimum atomic E-state index is 0.557. The lowest BCUT2D eigenvalue weighted by Crippen LogP contribution is -2.48. The molecule has 0 spiro atoms. The van der Waals surface area contributed by atoms with Gasteiger partial charge in [0.1, 0.15) is 0 Å². The maximum Gasteiger partial charge on any atom is 0.191 e. The summed E-state index contributed by atoms with van der Waals surface area (Å²) in [6, 6.07) is 12.0. The number of nitrogens with zero attached hydrogens (tertiary/aromatic N) is 2. The summed E-state index contributed by atoms with van der Waals surface area (Å²) in [6.07, 6.45) is 4.96. The normalized spacial score (nSPS) is 21.3. The third-order valence-corrected chi connectivity index (χ3v) is 4.32. The van der Waals surface area contributed by atoms with E-state index in [2.05, 4.69) is 50.9 Å². The molecule has 1 aromatic carbocycles. The maximum absolute atomic E-state index is 4.33. The van der Waals surface area contributed by atoms with Gasteiger partial charge in [-0.15, -0.1) is 0 Å². The average molecular weight is 286 g/mol. The molecule has 0 atom stereocenters. The van der Waals surface area contributed by atoms with Gasteiger partial charge in [-0.25, -0.2) is 0 Å². The van der Waals surface area contributed by atoms with Crippen LogP contribution in [0.1, 0.15) is 31.2 Å². The summed E-state index contributed by atoms with van der Waals surface area (Å²) in [7, 11) is 1.86. The van der Waals surface area contributed by atoms with Crippen molar-refractivity contribution in [1.29, 1.82) is 0 Å². The van der Waals surface area contributed by atoms with Crippen LogP contribution in [0.4, 0.5) is 0 Å². The number of rotatable bonds is 4. The van der Waals surface area contributed by atoms with E-state index in [1.54, 1.807) is 0 Å². The Bertz CT molecular complexity index is 459. The second-order valence-electron chi connectivity index (χ2n) is 6.17. The lowest BCUT2D eigenvalue weighted by Gasteiger charge is -2.33. The summed E-state index contributed by atoms with van der Waals surface area (Å²) in [5.41, 5.74) is 1.41. The first-order valence-electron chi connectivity index (χ1n) is 8.09. The summed E-state index contributed by atoms with van der Waals surface area (Å²) < 4.78 is 0. The van der Waals surface area contributed by atoms with Crippen molar-refractivity contribution in [2.75, 3.05) is 20.1 Å². The van der Waals surface area contributed by atoms with E-state index >= 15 is 0 Å². The zero-order valence-corrected chi connectivity index (χ0v) is 12.9. The molecule has 4 nitrogen and oxygen atoms in total. The Morgan fingerprint density at radius 3 is 2.24 bits per heavy atom. The number of aliphatic imine (C=N–C) groups is 1. The Kier molecular flexibility index (Phi) is 4.76. The largest absolute Gasteiger partial charge is 0.354 e. The fourth-order valence-electron chi connectivity index (χ4n) is 2.86. The van der Waals surface area contributed by atoms with Gasteiger partial charge < -0.3 is 10.6 Å². The molecule has 114 valence electrons. The van der Waals surface area contributed by atoms with Crippen molar-refractivity contribution in [1.82, 2.24) is 15.5 Å². The lowest BCUT2D eigenvalue weighted by molar-refractivity contribution is 0.198. The standard InChI is InChI=1S/C17H26N4/c1-18-17(19-15-7-8-15)20-16-9-11-21(12-10-16)13-14-5-3-2-4-6-14/h2-6,15-16H,7-13H2,1H3,(H2,18,19,20). The molecule has 1 aromatic rings. The van der Waals surface area contributed by atoms with Crippen LogP contribution in [0.5, 0.6) is 0 Å². The zero-order valence-electron chi connectivity index (χ0n) is 12.9. The minimum Gasteiger partial charge on any atom is -0.354 e. The van der Waals surface area contributed by atoms with Gasteiger partial charge in [0.2, 0.25) is 0 Å². The van der Waals surface area contributed by atoms with E-state index in [1.165, 1.54) is 31.2 Å². The quantitative estimate of drug-likeness (QED) is 0.657. The monoisotopic (exact) mass is 286 g/mol. The van der Waals surface area contributed by atoms with Crippen LogP contribution < -0.4 is 10.6 Å². The SMILES string of the molecule is CN=C(NC1CC1)NC1CCN(Cc2ccccc2)CC1. The van der Waals surface area contributed by atoms with Gasteiger partial charge in [0.05, 0.1) is 0 Å². The van der Waals surface area contributed by atoms with E-state index in [0.717, 1.165) is 25.6 Å². The van der Waals surface area contributed by atoms with Crippen LogP contribution >= 0.6 is 0 Å². The van der Waals surface area contributed by atoms with Gasteiger partial charge in [-0.2, -0.15) is 0 Å². The number of hydrogen-bond acceptors (Lipinski definition) is 2. The molecule has 1 aliphatic heterocycles. The Balaban J connectivity index is 1.42. The molecule has 2 fully saturated rings. The van der Waals surface area contributed by atoms with Crippen molar-refractivity contribution in [3.63, 3.8) is 0 Å². The van der Waals surface area contributed by atoms with Crippen LogP contribution in [0.2, 0.25) is 0 Å². The van der Waals surface area contributed by atoms with Gasteiger partial charge in [-0.1, -0.05) is 30.3 Å². The molecule has 3 rings (SSSR count). The zero-order chi connectivity index (χ0) is 14.5. The summed E-state index contributed by atoms with van der Waals surface area (Å²) in [5.74, 6) is 0.985. The Morgan fingerprint density at radius 1 is 1.05 bits per heavy atom. The molecule has 2 aliphatic rings. The van der Waals surface area contributed by atoms with Crippen molar-refractivity contribution in [2.24, 2.45) is 4.99 Å². The van der Waals surface area contributed by atoms with E-state index in [4.69, 9.17) is 0 Å². The first kappa shape index (κ1) is 14.4. The molecule has 2 N–H and O–H groups in total. The molecule has 1 saturated heterocycles. The molecule has 0 radical (unpaired) electrons. The molecule has 4 heteroatoms. The molecule has 1 heterocycles. The average Bonchev–Trinajstić information content (AvgIpc) is 3.33. The number of guanidine groups is 1. The molecular formula is C17H26N4. The van der Waals surface area contributed by atoms with Gasteiger partial charge in [-0.3, -0.25) is 9.89 Å². The van der Waals surface area contributed by atoms with Gasteiger partial charge >= 0.3 is 0 Å². The molecule has 0 amide bonds. The fraction of sp³-hybridized carbons (Fsp3) is 0.588. The molecule has 0 bridgehead atoms. The highest BCUT2D eigenvalue weighted by Crippen LogP contribution is 2.19. The van der Waals surface area contributed by atoms with Crippen molar-refractivity contribution in [3.8, 4) is 0 Å². The minimum absolute atomic E-state index is 0.557. The molecule has 1 saturated carbocycles. The van der Waals surface area contributed by atoms with E-state index in [9.17, 15) is 0 Å². The molecule has 1 aliphatic carbocycles. The van der Waals surface area contributed by atoms with Crippen LogP contribution in [0, 0.1) is 0 Å². The van der Waals surface area contributed by atoms with Crippen LogP contribution in [0.3, 0.4) is 0 Å². The fourth-order valence-corrected chi connectivity index (χ4v) is 2.86. The number of piperidine rings is 1. The van der Waals surface area contributed by atoms with Crippen molar-refractivity contribution < 1.29 is 0 Å². The predicted octanol–water partition coefficient (Wildman–Crippen LogP) is 1.98. The van der Waals surface area contributed by atoms with Crippen LogP contribution in [-0.4, -0.2) is 43.1 Å². The summed E-state index contributed by atoms with van der Waals surface area (Å²) in [6.45, 7) is 3.39. The number of nitrogens with one attached hydrogen (secondary N) is 2. The van der Waals surface area contributed by atoms with E-state index in [1.807, 2.05) is 7.05 Å². The van der Waals surface area contributed by atoms with Gasteiger partial charge in [0.25, 0.3) is 0 Å². The highest BCUT2D eigenvalue weighted by Gasteiger charge is 2.24. The number of benzene rings is 1. The summed E-state index contributed by atoms with van der Waals surface area (Å²) in [4.78, 5) is 6.88. The van der Waals surface area contributed by atoms with Crippen molar-refractivity contribution in [3.05, 3.63) is 35.9 Å². The second kappa shape index (κ2) is 6.94. The first-order valence-corrected chi connectivity index (χ1v) is 8.09. The lowest BCUT2D eigenvalue weighted by atomic mass is 10.0. The molecular weight excluding hydrogens is 260 g/mol. The van der Waals surface area contributed by atoms with E-state index < -0.39 is 0 Å². The Labute approximate surface area is 127 Å². The van der Waals surface area contributed by atoms with Gasteiger partial charge in [0.15, 0.2) is 5.96 Å². The summed E-state index contributed by atoms with van der Waals surface area (Å²) >= 11 is 0. The predicted molar refractivity (Wildman–Crippen MR) is 87.4 cm³/mol. The van der Waals surface area contributed by atoms with Crippen molar-refractivity contribution in [2.45, 2.75) is 44.3 Å². The van der Waals surface area contributed by atoms with Crippen LogP contribution in [0.15, 0.2) is 35.3 Å².